The fourth-order valence-corrected chi connectivity index (χ4v) is 10.0. The fraction of sp³-hybridized carbons (Fsp3) is 0.0545. The predicted octanol–water partition coefficient (Wildman–Crippen LogP) is 14.8. The Bertz CT molecular complexity index is 3420. The maximum Gasteiger partial charge on any atom is 0.0562 e. The summed E-state index contributed by atoms with van der Waals surface area (Å²) < 4.78 is 4.90. The third-order valence-electron chi connectivity index (χ3n) is 12.7. The first-order valence-electron chi connectivity index (χ1n) is 20.2. The van der Waals surface area contributed by atoms with E-state index in [-0.39, 0.29) is 5.41 Å². The molecule has 1 aliphatic carbocycles. The largest absolute Gasteiger partial charge is 0.310 e. The summed E-state index contributed by atoms with van der Waals surface area (Å²) in [6.07, 6.45) is 0. The van der Waals surface area contributed by atoms with Crippen molar-refractivity contribution in [2.75, 3.05) is 4.90 Å². The van der Waals surface area contributed by atoms with Gasteiger partial charge >= 0.3 is 0 Å². The van der Waals surface area contributed by atoms with Crippen LogP contribution in [0.2, 0.25) is 0 Å². The Morgan fingerprint density at radius 3 is 1.84 bits per heavy atom. The molecule has 1 aliphatic rings. The van der Waals surface area contributed by atoms with E-state index in [0.29, 0.717) is 0 Å². The van der Waals surface area contributed by atoms with Gasteiger partial charge in [-0.15, -0.1) is 0 Å². The van der Waals surface area contributed by atoms with E-state index in [4.69, 9.17) is 0 Å². The molecule has 0 amide bonds. The lowest BCUT2D eigenvalue weighted by Crippen LogP contribution is -2.16. The van der Waals surface area contributed by atoms with Crippen LogP contribution in [0.15, 0.2) is 200 Å². The summed E-state index contributed by atoms with van der Waals surface area (Å²) in [5.41, 5.74) is 15.7. The summed E-state index contributed by atoms with van der Waals surface area (Å²) in [4.78, 5) is 2.43. The van der Waals surface area contributed by atoms with Crippen LogP contribution in [0.4, 0.5) is 17.1 Å². The van der Waals surface area contributed by atoms with Crippen molar-refractivity contribution < 1.29 is 0 Å². The lowest BCUT2D eigenvalue weighted by molar-refractivity contribution is 0.660. The lowest BCUT2D eigenvalue weighted by Gasteiger charge is -2.28. The molecular formula is C55H39N3. The van der Waals surface area contributed by atoms with Crippen LogP contribution in [0.1, 0.15) is 25.0 Å². The van der Waals surface area contributed by atoms with Crippen molar-refractivity contribution in [2.24, 2.45) is 0 Å². The van der Waals surface area contributed by atoms with Gasteiger partial charge in [0, 0.05) is 55.4 Å². The van der Waals surface area contributed by atoms with Gasteiger partial charge in [-0.25, -0.2) is 0 Å². The Balaban J connectivity index is 1.13. The topological polar surface area (TPSA) is 13.1 Å². The number of anilines is 3. The van der Waals surface area contributed by atoms with Gasteiger partial charge in [0.05, 0.1) is 22.1 Å². The summed E-state index contributed by atoms with van der Waals surface area (Å²) in [5.74, 6) is 0. The lowest BCUT2D eigenvalue weighted by atomic mass is 9.82. The number of para-hydroxylation sites is 3. The van der Waals surface area contributed by atoms with Gasteiger partial charge in [0.2, 0.25) is 0 Å². The number of rotatable bonds is 5. The van der Waals surface area contributed by atoms with Crippen LogP contribution in [0.3, 0.4) is 0 Å². The van der Waals surface area contributed by atoms with Crippen molar-refractivity contribution in [2.45, 2.75) is 19.3 Å². The molecule has 0 unspecified atom stereocenters. The molecule has 0 N–H and O–H groups in total. The normalized spacial score (nSPS) is 13.1. The molecule has 0 bridgehead atoms. The molecular weight excluding hydrogens is 703 g/mol. The van der Waals surface area contributed by atoms with Crippen LogP contribution in [-0.2, 0) is 5.41 Å². The van der Waals surface area contributed by atoms with Crippen molar-refractivity contribution in [3.63, 3.8) is 0 Å². The Labute approximate surface area is 337 Å². The average molecular weight is 742 g/mol. The van der Waals surface area contributed by atoms with Crippen molar-refractivity contribution in [3.8, 4) is 22.5 Å². The van der Waals surface area contributed by atoms with Crippen LogP contribution in [-0.4, -0.2) is 9.13 Å². The third-order valence-corrected chi connectivity index (χ3v) is 12.7. The van der Waals surface area contributed by atoms with Gasteiger partial charge in [0.25, 0.3) is 0 Å². The van der Waals surface area contributed by atoms with Crippen LogP contribution in [0, 0.1) is 0 Å². The zero-order chi connectivity index (χ0) is 38.5. The van der Waals surface area contributed by atoms with Crippen molar-refractivity contribution in [3.05, 3.63) is 211 Å². The third kappa shape index (κ3) is 4.68. The van der Waals surface area contributed by atoms with Crippen LogP contribution >= 0.6 is 0 Å². The predicted molar refractivity (Wildman–Crippen MR) is 245 cm³/mol. The van der Waals surface area contributed by atoms with Crippen molar-refractivity contribution in [1.29, 1.82) is 0 Å². The first kappa shape index (κ1) is 32.8. The Morgan fingerprint density at radius 1 is 0.362 bits per heavy atom. The van der Waals surface area contributed by atoms with Gasteiger partial charge < -0.3 is 14.0 Å². The summed E-state index contributed by atoms with van der Waals surface area (Å²) in [6, 6.07) is 73.7. The molecule has 2 aromatic heterocycles. The Kier molecular flexibility index (Phi) is 6.98. The molecule has 12 rings (SSSR count). The van der Waals surface area contributed by atoms with E-state index >= 15 is 0 Å². The summed E-state index contributed by atoms with van der Waals surface area (Å²) in [5, 5.41) is 7.50. The smallest absolute Gasteiger partial charge is 0.0562 e. The van der Waals surface area contributed by atoms with Crippen molar-refractivity contribution >= 4 is 71.4 Å². The number of hydrogen-bond acceptors (Lipinski definition) is 1. The maximum absolute atomic E-state index is 2.48. The van der Waals surface area contributed by atoms with E-state index in [9.17, 15) is 0 Å². The van der Waals surface area contributed by atoms with Crippen LogP contribution < -0.4 is 4.90 Å². The van der Waals surface area contributed by atoms with E-state index < -0.39 is 0 Å². The second-order valence-electron chi connectivity index (χ2n) is 16.2. The first-order valence-corrected chi connectivity index (χ1v) is 20.2. The minimum atomic E-state index is -0.109. The monoisotopic (exact) mass is 741 g/mol. The molecule has 9 aromatic carbocycles. The molecule has 274 valence electrons. The molecule has 0 saturated carbocycles. The second-order valence-corrected chi connectivity index (χ2v) is 16.2. The SMILES string of the molecule is CC1(C)c2ccccc2-c2ccc(N(c3ccccc3)c3ccc4c5c6ccccc6ccc5n(-c5ccc6c7ccccc7n(-c7ccccc7)c6c5)c4c3)cc21. The highest BCUT2D eigenvalue weighted by atomic mass is 15.1. The number of benzene rings is 9. The van der Waals surface area contributed by atoms with Crippen LogP contribution in [0.25, 0.3) is 76.9 Å². The van der Waals surface area contributed by atoms with Crippen LogP contribution in [0.5, 0.6) is 0 Å². The molecule has 0 aliphatic heterocycles. The highest BCUT2D eigenvalue weighted by Gasteiger charge is 2.35. The molecule has 3 nitrogen and oxygen atoms in total. The van der Waals surface area contributed by atoms with Gasteiger partial charge in [0.1, 0.15) is 0 Å². The van der Waals surface area contributed by atoms with E-state index in [1.165, 1.54) is 76.6 Å². The molecule has 3 heteroatoms. The quantitative estimate of drug-likeness (QED) is 0.171. The molecule has 11 aromatic rings. The van der Waals surface area contributed by atoms with E-state index in [1.807, 2.05) is 0 Å². The number of nitrogens with zero attached hydrogens (tertiary/aromatic N) is 3. The standard InChI is InChI=1S/C55H39N3/c1-55(2)48-23-13-11-21-43(48)44-29-26-39(33-49(44)55)56(37-16-5-3-6-17-37)40-28-31-47-53(34-40)58(51-32-25-36-15-9-10-20-42(36)54(47)51)41-27-30-46-45-22-12-14-24-50(45)57(52(46)35-41)38-18-7-4-8-19-38/h3-35H,1-2H3. The van der Waals surface area contributed by atoms with Gasteiger partial charge in [-0.1, -0.05) is 141 Å². The second kappa shape index (κ2) is 12.3. The maximum atomic E-state index is 2.48. The van der Waals surface area contributed by atoms with E-state index in [0.717, 1.165) is 28.4 Å². The average Bonchev–Trinajstić information content (AvgIpc) is 3.87. The number of hydrogen-bond donors (Lipinski definition) is 0. The fourth-order valence-electron chi connectivity index (χ4n) is 10.0. The Hall–Kier alpha value is -7.36. The van der Waals surface area contributed by atoms with Gasteiger partial charge in [-0.3, -0.25) is 0 Å². The van der Waals surface area contributed by atoms with E-state index in [1.54, 1.807) is 0 Å². The number of fused-ring (bicyclic) bond motifs is 11. The molecule has 0 atom stereocenters. The van der Waals surface area contributed by atoms with Gasteiger partial charge in [-0.2, -0.15) is 0 Å². The van der Waals surface area contributed by atoms with Crippen molar-refractivity contribution in [1.82, 2.24) is 9.13 Å². The molecule has 58 heavy (non-hydrogen) atoms. The highest BCUT2D eigenvalue weighted by molar-refractivity contribution is 6.22. The van der Waals surface area contributed by atoms with Gasteiger partial charge in [-0.05, 0) is 106 Å². The summed E-state index contributed by atoms with van der Waals surface area (Å²) in [7, 11) is 0. The summed E-state index contributed by atoms with van der Waals surface area (Å²) >= 11 is 0. The zero-order valence-electron chi connectivity index (χ0n) is 32.4. The van der Waals surface area contributed by atoms with Gasteiger partial charge in [0.15, 0.2) is 0 Å². The van der Waals surface area contributed by atoms with E-state index in [2.05, 4.69) is 228 Å². The Morgan fingerprint density at radius 2 is 0.983 bits per heavy atom. The minimum absolute atomic E-state index is 0.109. The number of aromatic nitrogens is 2. The molecule has 0 fully saturated rings. The first-order chi connectivity index (χ1) is 28.5. The molecule has 0 spiro atoms. The highest BCUT2D eigenvalue weighted by Crippen LogP contribution is 2.51. The molecule has 0 saturated heterocycles. The molecule has 0 radical (unpaired) electrons. The summed E-state index contributed by atoms with van der Waals surface area (Å²) in [6.45, 7) is 4.72. The minimum Gasteiger partial charge on any atom is -0.310 e. The molecule has 2 heterocycles. The zero-order valence-corrected chi connectivity index (χ0v) is 32.4.